The molecule has 0 bridgehead atoms. The Morgan fingerprint density at radius 1 is 0.821 bits per heavy atom. The Morgan fingerprint density at radius 3 is 1.61 bits per heavy atom. The van der Waals surface area contributed by atoms with Gasteiger partial charge in [0.1, 0.15) is 0 Å². The maximum atomic E-state index is 10.2. The Bertz CT molecular complexity index is 770. The summed E-state index contributed by atoms with van der Waals surface area (Å²) in [5, 5.41) is 1.91. The number of ketones is 2. The zero-order valence-corrected chi connectivity index (χ0v) is 16.1. The van der Waals surface area contributed by atoms with Crippen molar-refractivity contribution in [3.63, 3.8) is 0 Å². The highest BCUT2D eigenvalue weighted by atomic mass is 32.2. The van der Waals surface area contributed by atoms with Gasteiger partial charge in [-0.05, 0) is 30.0 Å². The zero-order valence-electron chi connectivity index (χ0n) is 14.5. The zero-order chi connectivity index (χ0) is 20.9. The molecule has 2 aliphatic heterocycles. The second-order valence-electron chi connectivity index (χ2n) is 5.14. The van der Waals surface area contributed by atoms with Crippen molar-refractivity contribution in [3.8, 4) is 0 Å². The Labute approximate surface area is 167 Å². The van der Waals surface area contributed by atoms with Gasteiger partial charge in [0.05, 0.1) is 12.2 Å². The monoisotopic (exact) mass is 424 g/mol. The van der Waals surface area contributed by atoms with Gasteiger partial charge in [0.25, 0.3) is 5.24 Å². The molecule has 0 saturated carbocycles. The number of rotatable bonds is 0. The number of H-pyrrole nitrogens is 1. The first-order chi connectivity index (χ1) is 13.3. The van der Waals surface area contributed by atoms with Gasteiger partial charge >= 0.3 is 0 Å². The minimum Gasteiger partial charge on any atom is -0.329 e. The van der Waals surface area contributed by atoms with Crippen LogP contribution in [0.2, 0.25) is 0 Å². The molecule has 2 N–H and O–H groups in total. The molecule has 0 aromatic carbocycles. The molecule has 28 heavy (non-hydrogen) atoms. The summed E-state index contributed by atoms with van der Waals surface area (Å²) in [6.07, 6.45) is 5.19. The highest BCUT2D eigenvalue weighted by Crippen LogP contribution is 2.19. The number of hydrogen-bond donors (Lipinski definition) is 2. The maximum Gasteiger partial charge on any atom is 0.286 e. The lowest BCUT2D eigenvalue weighted by molar-refractivity contribution is -0.120. The van der Waals surface area contributed by atoms with Crippen molar-refractivity contribution in [2.45, 2.75) is 19.3 Å². The number of thioether (sulfide) groups is 2. The van der Waals surface area contributed by atoms with Crippen molar-refractivity contribution in [1.82, 2.24) is 10.3 Å². The van der Waals surface area contributed by atoms with Gasteiger partial charge in [0, 0.05) is 25.1 Å². The van der Waals surface area contributed by atoms with Gasteiger partial charge < -0.3 is 4.98 Å². The molecule has 1 aromatic rings. The molecular weight excluding hydrogens is 408 g/mol. The summed E-state index contributed by atoms with van der Waals surface area (Å²) in [7, 11) is 0. The van der Waals surface area contributed by atoms with Crippen LogP contribution in [0.4, 0.5) is 4.79 Å². The maximum absolute atomic E-state index is 10.2. The standard InChI is InChI=1S/C5H5NO.C5H4O2.C4H4O2S.C3H3NO2S/c7-5-3-1-2-4-6-5;6-4-1-2-5(7)3-4;5-3-1-2-4(6)7-3;5-2-1-7-3(6)4-2/h1-4H,(H,6,7);1-2H,3H2;1-2H2;1H2,(H,4,5,6). The number of carbonyl (C=O) groups excluding carboxylic acids is 6. The molecule has 2 fully saturated rings. The van der Waals surface area contributed by atoms with Crippen molar-refractivity contribution in [2.24, 2.45) is 0 Å². The van der Waals surface area contributed by atoms with Crippen LogP contribution in [0.15, 0.2) is 41.3 Å². The fourth-order valence-electron chi connectivity index (χ4n) is 1.60. The molecule has 11 heteroatoms. The number of aromatic nitrogens is 1. The van der Waals surface area contributed by atoms with E-state index in [-0.39, 0.29) is 44.9 Å². The van der Waals surface area contributed by atoms with Crippen LogP contribution >= 0.6 is 23.5 Å². The van der Waals surface area contributed by atoms with E-state index < -0.39 is 0 Å². The predicted octanol–water partition coefficient (Wildman–Crippen LogP) is 0.995. The van der Waals surface area contributed by atoms with Crippen molar-refractivity contribution in [3.05, 3.63) is 46.9 Å². The SMILES string of the molecule is O=C1C=CC(=O)C1.O=C1CCC(=O)S1.O=C1CSC(=O)N1.O=c1cccc[nH]1. The number of carbonyl (C=O) groups is 6. The summed E-state index contributed by atoms with van der Waals surface area (Å²) < 4.78 is 0. The van der Waals surface area contributed by atoms with Crippen LogP contribution in [-0.4, -0.2) is 43.7 Å². The largest absolute Gasteiger partial charge is 0.329 e. The molecule has 4 rings (SSSR count). The van der Waals surface area contributed by atoms with Gasteiger partial charge in [-0.3, -0.25) is 38.9 Å². The van der Waals surface area contributed by atoms with E-state index in [1.54, 1.807) is 18.3 Å². The Hall–Kier alpha value is -2.79. The third-order valence-corrected chi connectivity index (χ3v) is 4.46. The van der Waals surface area contributed by atoms with Crippen LogP contribution in [0, 0.1) is 0 Å². The Morgan fingerprint density at radius 2 is 1.43 bits per heavy atom. The summed E-state index contributed by atoms with van der Waals surface area (Å²) in [4.78, 5) is 73.6. The molecular formula is C17H16N2O7S2. The number of nitrogens with one attached hydrogen (secondary N) is 2. The van der Waals surface area contributed by atoms with Crippen LogP contribution in [0.5, 0.6) is 0 Å². The van der Waals surface area contributed by atoms with Crippen LogP contribution in [0.25, 0.3) is 0 Å². The Balaban J connectivity index is 0.000000187. The predicted molar refractivity (Wildman–Crippen MR) is 104 cm³/mol. The second kappa shape index (κ2) is 12.6. The number of pyridine rings is 1. The molecule has 9 nitrogen and oxygen atoms in total. The lowest BCUT2D eigenvalue weighted by Gasteiger charge is -1.77. The first kappa shape index (κ1) is 23.2. The topological polar surface area (TPSA) is 147 Å². The van der Waals surface area contributed by atoms with Crippen LogP contribution in [0.1, 0.15) is 19.3 Å². The smallest absolute Gasteiger partial charge is 0.286 e. The van der Waals surface area contributed by atoms with E-state index in [2.05, 4.69) is 10.3 Å². The third-order valence-electron chi connectivity index (χ3n) is 2.82. The van der Waals surface area contributed by atoms with E-state index in [0.717, 1.165) is 23.5 Å². The number of imide groups is 1. The van der Waals surface area contributed by atoms with E-state index in [9.17, 15) is 33.6 Å². The van der Waals surface area contributed by atoms with Crippen LogP contribution in [0.3, 0.4) is 0 Å². The third kappa shape index (κ3) is 11.0. The van der Waals surface area contributed by atoms with E-state index in [1.165, 1.54) is 18.2 Å². The quantitative estimate of drug-likeness (QED) is 0.582. The molecule has 2 saturated heterocycles. The average Bonchev–Trinajstić information content (AvgIpc) is 3.33. The van der Waals surface area contributed by atoms with Crippen molar-refractivity contribution in [2.75, 3.05) is 5.75 Å². The van der Waals surface area contributed by atoms with Crippen molar-refractivity contribution in [1.29, 1.82) is 0 Å². The summed E-state index contributed by atoms with van der Waals surface area (Å²) in [6, 6.07) is 4.93. The van der Waals surface area contributed by atoms with Crippen LogP contribution < -0.4 is 10.9 Å². The highest BCUT2D eigenvalue weighted by Gasteiger charge is 2.18. The second-order valence-corrected chi connectivity index (χ2v) is 7.20. The molecule has 1 aromatic heterocycles. The van der Waals surface area contributed by atoms with Gasteiger partial charge in [-0.1, -0.05) is 17.8 Å². The summed E-state index contributed by atoms with van der Waals surface area (Å²) in [5.74, 6) is -0.0521. The molecule has 0 unspecified atom stereocenters. The van der Waals surface area contributed by atoms with Gasteiger partial charge in [0.15, 0.2) is 21.8 Å². The van der Waals surface area contributed by atoms with E-state index >= 15 is 0 Å². The molecule has 1 aliphatic carbocycles. The van der Waals surface area contributed by atoms with E-state index in [4.69, 9.17) is 0 Å². The number of allylic oxidation sites excluding steroid dienone is 2. The fraction of sp³-hybridized carbons (Fsp3) is 0.235. The normalized spacial score (nSPS) is 17.1. The fourth-order valence-corrected chi connectivity index (χ4v) is 2.79. The minimum absolute atomic E-state index is 0.0185. The minimum atomic E-state index is -0.231. The lowest BCUT2D eigenvalue weighted by Crippen LogP contribution is -2.18. The highest BCUT2D eigenvalue weighted by molar-refractivity contribution is 8.26. The molecule has 0 atom stereocenters. The van der Waals surface area contributed by atoms with Gasteiger partial charge in [-0.25, -0.2) is 0 Å². The van der Waals surface area contributed by atoms with Gasteiger partial charge in [0.2, 0.25) is 11.5 Å². The molecule has 3 heterocycles. The van der Waals surface area contributed by atoms with Crippen molar-refractivity contribution < 1.29 is 28.8 Å². The Kier molecular flexibility index (Phi) is 10.4. The number of amides is 2. The van der Waals surface area contributed by atoms with E-state index in [0.29, 0.717) is 18.6 Å². The summed E-state index contributed by atoms with van der Waals surface area (Å²) >= 11 is 1.85. The summed E-state index contributed by atoms with van der Waals surface area (Å²) in [5.41, 5.74) is -0.0532. The van der Waals surface area contributed by atoms with E-state index in [1.807, 2.05) is 0 Å². The molecule has 0 spiro atoms. The first-order valence-electron chi connectivity index (χ1n) is 7.84. The van der Waals surface area contributed by atoms with Crippen LogP contribution in [-0.2, 0) is 24.0 Å². The van der Waals surface area contributed by atoms with Gasteiger partial charge in [-0.15, -0.1) is 0 Å². The molecule has 0 radical (unpaired) electrons. The molecule has 3 aliphatic rings. The number of aromatic amines is 1. The first-order valence-corrected chi connectivity index (χ1v) is 9.64. The molecule has 2 amide bonds. The molecule has 148 valence electrons. The summed E-state index contributed by atoms with van der Waals surface area (Å²) in [6.45, 7) is 0. The van der Waals surface area contributed by atoms with Gasteiger partial charge in [-0.2, -0.15) is 0 Å². The number of hydrogen-bond acceptors (Lipinski definition) is 9. The van der Waals surface area contributed by atoms with Crippen molar-refractivity contribution >= 4 is 56.5 Å². The lowest BCUT2D eigenvalue weighted by atomic mass is 10.3. The average molecular weight is 424 g/mol.